The van der Waals surface area contributed by atoms with Crippen molar-refractivity contribution in [2.24, 2.45) is 0 Å². The summed E-state index contributed by atoms with van der Waals surface area (Å²) >= 11 is 3.44. The number of hydrogen-bond acceptors (Lipinski definition) is 4. The molecule has 0 aliphatic heterocycles. The van der Waals surface area contributed by atoms with Gasteiger partial charge in [-0.1, -0.05) is 34.1 Å². The SMILES string of the molecule is Cc1ccc(OCCNC(=O)c2ccc(CN(c3ccc(Br)c(C)c3)S(C)(=O)=O)cc2)cc1C. The minimum Gasteiger partial charge on any atom is -0.492 e. The van der Waals surface area contributed by atoms with E-state index in [2.05, 4.69) is 21.2 Å². The Morgan fingerprint density at radius 1 is 0.941 bits per heavy atom. The number of sulfonamides is 1. The Morgan fingerprint density at radius 3 is 2.26 bits per heavy atom. The van der Waals surface area contributed by atoms with E-state index in [0.717, 1.165) is 26.9 Å². The summed E-state index contributed by atoms with van der Waals surface area (Å²) in [5, 5.41) is 2.84. The lowest BCUT2D eigenvalue weighted by atomic mass is 10.1. The lowest BCUT2D eigenvalue weighted by molar-refractivity contribution is 0.0947. The Labute approximate surface area is 210 Å². The molecule has 8 heteroatoms. The van der Waals surface area contributed by atoms with Crippen LogP contribution in [0.3, 0.4) is 0 Å². The van der Waals surface area contributed by atoms with E-state index in [4.69, 9.17) is 4.74 Å². The highest BCUT2D eigenvalue weighted by Crippen LogP contribution is 2.26. The monoisotopic (exact) mass is 544 g/mol. The van der Waals surface area contributed by atoms with Crippen LogP contribution in [-0.4, -0.2) is 33.7 Å². The van der Waals surface area contributed by atoms with Gasteiger partial charge in [0.15, 0.2) is 0 Å². The highest BCUT2D eigenvalue weighted by Gasteiger charge is 2.19. The predicted molar refractivity (Wildman–Crippen MR) is 140 cm³/mol. The van der Waals surface area contributed by atoms with Crippen LogP contribution in [0, 0.1) is 20.8 Å². The molecule has 0 atom stereocenters. The first-order chi connectivity index (χ1) is 16.0. The lowest BCUT2D eigenvalue weighted by Crippen LogP contribution is -2.29. The summed E-state index contributed by atoms with van der Waals surface area (Å²) in [4.78, 5) is 12.5. The Kier molecular flexibility index (Phi) is 8.38. The molecule has 0 heterocycles. The number of carbonyl (C=O) groups is 1. The van der Waals surface area contributed by atoms with Crippen molar-refractivity contribution in [1.82, 2.24) is 5.32 Å². The lowest BCUT2D eigenvalue weighted by Gasteiger charge is -2.23. The number of ether oxygens (including phenoxy) is 1. The van der Waals surface area contributed by atoms with Gasteiger partial charge >= 0.3 is 0 Å². The first-order valence-electron chi connectivity index (χ1n) is 10.9. The molecule has 3 rings (SSSR count). The summed E-state index contributed by atoms with van der Waals surface area (Å²) in [5.74, 6) is 0.567. The Morgan fingerprint density at radius 2 is 1.65 bits per heavy atom. The molecule has 0 saturated heterocycles. The maximum absolute atomic E-state index is 12.5. The molecule has 3 aromatic carbocycles. The molecule has 0 radical (unpaired) electrons. The molecule has 34 heavy (non-hydrogen) atoms. The zero-order valence-corrected chi connectivity index (χ0v) is 22.2. The van der Waals surface area contributed by atoms with Crippen LogP contribution in [0.5, 0.6) is 5.75 Å². The average Bonchev–Trinajstić information content (AvgIpc) is 2.79. The number of carbonyl (C=O) groups excluding carboxylic acids is 1. The number of anilines is 1. The number of hydrogen-bond donors (Lipinski definition) is 1. The topological polar surface area (TPSA) is 75.7 Å². The van der Waals surface area contributed by atoms with Crippen molar-refractivity contribution in [3.05, 3.63) is 93.0 Å². The van der Waals surface area contributed by atoms with Gasteiger partial charge in [0.05, 0.1) is 25.0 Å². The van der Waals surface area contributed by atoms with Crippen molar-refractivity contribution in [1.29, 1.82) is 0 Å². The number of amides is 1. The van der Waals surface area contributed by atoms with Crippen molar-refractivity contribution in [2.75, 3.05) is 23.7 Å². The Hall–Kier alpha value is -2.84. The van der Waals surface area contributed by atoms with E-state index in [1.54, 1.807) is 30.3 Å². The zero-order valence-electron chi connectivity index (χ0n) is 19.8. The summed E-state index contributed by atoms with van der Waals surface area (Å²) in [6.45, 7) is 6.90. The highest BCUT2D eigenvalue weighted by molar-refractivity contribution is 9.10. The normalized spacial score (nSPS) is 11.2. The summed E-state index contributed by atoms with van der Waals surface area (Å²) in [7, 11) is -3.49. The molecule has 0 unspecified atom stereocenters. The minimum absolute atomic E-state index is 0.172. The van der Waals surface area contributed by atoms with Crippen LogP contribution < -0.4 is 14.4 Å². The van der Waals surface area contributed by atoms with Gasteiger partial charge in [0.25, 0.3) is 5.91 Å². The van der Waals surface area contributed by atoms with Crippen LogP contribution in [0.2, 0.25) is 0 Å². The molecular weight excluding hydrogens is 516 g/mol. The van der Waals surface area contributed by atoms with Crippen molar-refractivity contribution >= 4 is 37.5 Å². The van der Waals surface area contributed by atoms with Crippen LogP contribution in [0.15, 0.2) is 65.1 Å². The molecule has 180 valence electrons. The van der Waals surface area contributed by atoms with Gasteiger partial charge in [-0.2, -0.15) is 0 Å². The van der Waals surface area contributed by atoms with E-state index in [1.807, 2.05) is 51.1 Å². The number of rotatable bonds is 9. The summed E-state index contributed by atoms with van der Waals surface area (Å²) < 4.78 is 32.8. The molecule has 1 amide bonds. The van der Waals surface area contributed by atoms with Gasteiger partial charge in [0.2, 0.25) is 10.0 Å². The molecule has 0 aliphatic carbocycles. The van der Waals surface area contributed by atoms with Crippen LogP contribution in [0.1, 0.15) is 32.6 Å². The number of benzene rings is 3. The third-order valence-electron chi connectivity index (χ3n) is 5.51. The molecule has 0 saturated carbocycles. The number of halogens is 1. The van der Waals surface area contributed by atoms with E-state index in [9.17, 15) is 13.2 Å². The third-order valence-corrected chi connectivity index (χ3v) is 7.54. The van der Waals surface area contributed by atoms with Gasteiger partial charge in [-0.15, -0.1) is 0 Å². The molecule has 3 aromatic rings. The maximum atomic E-state index is 12.5. The summed E-state index contributed by atoms with van der Waals surface area (Å²) in [6.07, 6.45) is 1.19. The number of aryl methyl sites for hydroxylation is 3. The van der Waals surface area contributed by atoms with Gasteiger partial charge in [-0.3, -0.25) is 9.10 Å². The van der Waals surface area contributed by atoms with Crippen molar-refractivity contribution in [2.45, 2.75) is 27.3 Å². The van der Waals surface area contributed by atoms with Crippen LogP contribution in [0.25, 0.3) is 0 Å². The predicted octanol–water partition coefficient (Wildman–Crippen LogP) is 5.15. The van der Waals surface area contributed by atoms with E-state index in [1.165, 1.54) is 16.1 Å². The zero-order chi connectivity index (χ0) is 24.9. The van der Waals surface area contributed by atoms with E-state index < -0.39 is 10.0 Å². The van der Waals surface area contributed by atoms with Gasteiger partial charge < -0.3 is 10.1 Å². The standard InChI is InChI=1S/C26H29BrN2O4S/c1-18-5-11-24(16-19(18)2)33-14-13-28-26(30)22-8-6-21(7-9-22)17-29(34(4,31)32)23-10-12-25(27)20(3)15-23/h5-12,15-16H,13-14,17H2,1-4H3,(H,28,30). The van der Waals surface area contributed by atoms with Crippen LogP contribution >= 0.6 is 15.9 Å². The van der Waals surface area contributed by atoms with Crippen molar-refractivity contribution in [3.8, 4) is 5.75 Å². The maximum Gasteiger partial charge on any atom is 0.251 e. The Bertz CT molecular complexity index is 1270. The van der Waals surface area contributed by atoms with Gasteiger partial charge in [0, 0.05) is 10.0 Å². The van der Waals surface area contributed by atoms with E-state index in [-0.39, 0.29) is 12.5 Å². The molecular formula is C26H29BrN2O4S. The van der Waals surface area contributed by atoms with Crippen molar-refractivity contribution in [3.63, 3.8) is 0 Å². The van der Waals surface area contributed by atoms with Crippen LogP contribution in [0.4, 0.5) is 5.69 Å². The summed E-state index contributed by atoms with van der Waals surface area (Å²) in [6, 6.07) is 18.3. The Balaban J connectivity index is 1.58. The highest BCUT2D eigenvalue weighted by atomic mass is 79.9. The second-order valence-corrected chi connectivity index (χ2v) is 11.0. The molecule has 0 bridgehead atoms. The first kappa shape index (κ1) is 25.8. The van der Waals surface area contributed by atoms with Crippen molar-refractivity contribution < 1.29 is 17.9 Å². The summed E-state index contributed by atoms with van der Waals surface area (Å²) in [5.41, 5.74) is 5.18. The quantitative estimate of drug-likeness (QED) is 0.378. The molecule has 0 aromatic heterocycles. The second kappa shape index (κ2) is 11.1. The molecule has 0 aliphatic rings. The first-order valence-corrected chi connectivity index (χ1v) is 13.5. The number of nitrogens with one attached hydrogen (secondary N) is 1. The van der Waals surface area contributed by atoms with Gasteiger partial charge in [-0.05, 0) is 85.5 Å². The smallest absolute Gasteiger partial charge is 0.251 e. The van der Waals surface area contributed by atoms with Gasteiger partial charge in [-0.25, -0.2) is 8.42 Å². The number of nitrogens with zero attached hydrogens (tertiary/aromatic N) is 1. The molecule has 0 spiro atoms. The fourth-order valence-corrected chi connectivity index (χ4v) is 4.48. The molecule has 0 fully saturated rings. The van der Waals surface area contributed by atoms with E-state index in [0.29, 0.717) is 24.4 Å². The van der Waals surface area contributed by atoms with Crippen LogP contribution in [-0.2, 0) is 16.6 Å². The largest absolute Gasteiger partial charge is 0.492 e. The van der Waals surface area contributed by atoms with Gasteiger partial charge in [0.1, 0.15) is 12.4 Å². The average molecular weight is 545 g/mol. The minimum atomic E-state index is -3.49. The fraction of sp³-hybridized carbons (Fsp3) is 0.269. The third kappa shape index (κ3) is 6.84. The molecule has 1 N–H and O–H groups in total. The second-order valence-electron chi connectivity index (χ2n) is 8.25. The fourth-order valence-electron chi connectivity index (χ4n) is 3.35. The molecule has 6 nitrogen and oxygen atoms in total. The van der Waals surface area contributed by atoms with E-state index >= 15 is 0 Å².